The van der Waals surface area contributed by atoms with Gasteiger partial charge in [-0.05, 0) is 38.1 Å². The number of H-pyrrole nitrogens is 1. The number of hydrogen-bond acceptors (Lipinski definition) is 5. The van der Waals surface area contributed by atoms with E-state index in [1.807, 2.05) is 0 Å². The summed E-state index contributed by atoms with van der Waals surface area (Å²) in [5.74, 6) is 0. The highest BCUT2D eigenvalue weighted by Crippen LogP contribution is 2.11. The lowest BCUT2D eigenvalue weighted by atomic mass is 10.2. The first-order chi connectivity index (χ1) is 12.1. The minimum Gasteiger partial charge on any atom is -0.390 e. The number of β-amino-alcohol motifs (C(OH)–C–C–N with tert-alkyl or cyclic N) is 1. The molecular weight excluding hydrogens is 320 g/mol. The maximum absolute atomic E-state index is 12.6. The van der Waals surface area contributed by atoms with E-state index in [2.05, 4.69) is 9.88 Å². The summed E-state index contributed by atoms with van der Waals surface area (Å²) in [4.78, 5) is 29.0. The van der Waals surface area contributed by atoms with Crippen molar-refractivity contribution in [2.45, 2.75) is 38.3 Å². The van der Waals surface area contributed by atoms with E-state index in [4.69, 9.17) is 5.26 Å². The van der Waals surface area contributed by atoms with Crippen LogP contribution in [0.5, 0.6) is 0 Å². The van der Waals surface area contributed by atoms with Gasteiger partial charge in [0.25, 0.3) is 11.1 Å². The molecule has 1 atom stereocenters. The van der Waals surface area contributed by atoms with Crippen molar-refractivity contribution in [3.63, 3.8) is 0 Å². The topological polar surface area (TPSA) is 102 Å². The minimum atomic E-state index is -0.647. The highest BCUT2D eigenvalue weighted by atomic mass is 16.3. The summed E-state index contributed by atoms with van der Waals surface area (Å²) in [6.07, 6.45) is 5.68. The molecule has 2 aromatic heterocycles. The van der Waals surface area contributed by atoms with E-state index in [0.29, 0.717) is 12.1 Å². The second-order valence-corrected chi connectivity index (χ2v) is 6.59. The third-order valence-electron chi connectivity index (χ3n) is 4.68. The highest BCUT2D eigenvalue weighted by Gasteiger charge is 2.15. The monoisotopic (exact) mass is 342 g/mol. The second kappa shape index (κ2) is 7.64. The van der Waals surface area contributed by atoms with Crippen LogP contribution in [0.4, 0.5) is 0 Å². The average Bonchev–Trinajstić information content (AvgIpc) is 2.86. The molecule has 7 nitrogen and oxygen atoms in total. The van der Waals surface area contributed by atoms with E-state index < -0.39 is 11.7 Å². The van der Waals surface area contributed by atoms with Crippen molar-refractivity contribution in [3.8, 4) is 6.07 Å². The first-order valence-electron chi connectivity index (χ1n) is 8.65. The Bertz CT molecular complexity index is 901. The molecule has 3 heterocycles. The molecule has 0 aliphatic carbocycles. The molecule has 1 fully saturated rings. The first kappa shape index (κ1) is 17.4. The Kier molecular flexibility index (Phi) is 5.31. The summed E-state index contributed by atoms with van der Waals surface area (Å²) >= 11 is 0. The van der Waals surface area contributed by atoms with Crippen molar-refractivity contribution in [1.82, 2.24) is 14.5 Å². The fourth-order valence-corrected chi connectivity index (χ4v) is 3.37. The van der Waals surface area contributed by atoms with E-state index in [-0.39, 0.29) is 23.1 Å². The molecule has 0 amide bonds. The van der Waals surface area contributed by atoms with Crippen LogP contribution in [0, 0.1) is 11.3 Å². The molecule has 7 heteroatoms. The molecule has 1 saturated heterocycles. The first-order valence-corrected chi connectivity index (χ1v) is 8.65. The number of nitrogens with zero attached hydrogens (tertiary/aromatic N) is 3. The summed E-state index contributed by atoms with van der Waals surface area (Å²) < 4.78 is 1.43. The Hall–Kier alpha value is -2.43. The lowest BCUT2D eigenvalue weighted by Gasteiger charge is -2.23. The highest BCUT2D eigenvalue weighted by molar-refractivity contribution is 5.78. The number of nitriles is 1. The minimum absolute atomic E-state index is 0.0903. The molecule has 2 N–H and O–H groups in total. The number of aromatic amines is 1. The van der Waals surface area contributed by atoms with Gasteiger partial charge in [0.1, 0.15) is 11.6 Å². The number of nitrogens with one attached hydrogen (secondary N) is 1. The van der Waals surface area contributed by atoms with Gasteiger partial charge in [0.05, 0.1) is 23.6 Å². The molecule has 3 rings (SSSR count). The Morgan fingerprint density at radius 3 is 2.60 bits per heavy atom. The van der Waals surface area contributed by atoms with Crippen molar-refractivity contribution in [2.24, 2.45) is 0 Å². The number of aliphatic hydroxyl groups is 1. The van der Waals surface area contributed by atoms with Gasteiger partial charge < -0.3 is 19.6 Å². The van der Waals surface area contributed by atoms with Crippen LogP contribution in [-0.4, -0.2) is 45.3 Å². The number of likely N-dealkylation sites (tertiary alicyclic amines) is 1. The predicted molar refractivity (Wildman–Crippen MR) is 94.5 cm³/mol. The molecule has 0 unspecified atom stereocenters. The van der Waals surface area contributed by atoms with Gasteiger partial charge in [-0.3, -0.25) is 9.59 Å². The zero-order valence-electron chi connectivity index (χ0n) is 14.1. The quantitative estimate of drug-likeness (QED) is 0.855. The zero-order valence-corrected chi connectivity index (χ0v) is 14.1. The van der Waals surface area contributed by atoms with Gasteiger partial charge >= 0.3 is 0 Å². The van der Waals surface area contributed by atoms with Crippen LogP contribution in [0.1, 0.15) is 31.2 Å². The van der Waals surface area contributed by atoms with Crippen LogP contribution < -0.4 is 11.1 Å². The number of hydrogen-bond donors (Lipinski definition) is 2. The van der Waals surface area contributed by atoms with Crippen LogP contribution in [-0.2, 0) is 6.54 Å². The molecule has 2 aromatic rings. The van der Waals surface area contributed by atoms with Crippen molar-refractivity contribution >= 4 is 10.9 Å². The van der Waals surface area contributed by atoms with Crippen LogP contribution in [0.25, 0.3) is 10.9 Å². The Morgan fingerprint density at radius 2 is 1.92 bits per heavy atom. The van der Waals surface area contributed by atoms with E-state index in [1.165, 1.54) is 23.5 Å². The molecule has 0 saturated carbocycles. The van der Waals surface area contributed by atoms with Crippen molar-refractivity contribution < 1.29 is 5.11 Å². The predicted octanol–water partition coefficient (Wildman–Crippen LogP) is 0.798. The molecule has 0 bridgehead atoms. The molecule has 0 aromatic carbocycles. The number of fused-ring (bicyclic) bond motifs is 1. The summed E-state index contributed by atoms with van der Waals surface area (Å²) in [5, 5.41) is 19.6. The zero-order chi connectivity index (χ0) is 17.8. The van der Waals surface area contributed by atoms with E-state index >= 15 is 0 Å². The fourth-order valence-electron chi connectivity index (χ4n) is 3.37. The van der Waals surface area contributed by atoms with Crippen LogP contribution in [0.2, 0.25) is 0 Å². The molecule has 0 radical (unpaired) electrons. The number of aliphatic hydroxyl groups excluding tert-OH is 1. The van der Waals surface area contributed by atoms with Crippen molar-refractivity contribution in [1.29, 1.82) is 5.26 Å². The van der Waals surface area contributed by atoms with Gasteiger partial charge in [-0.25, -0.2) is 0 Å². The molecule has 25 heavy (non-hydrogen) atoms. The van der Waals surface area contributed by atoms with E-state index in [1.54, 1.807) is 18.3 Å². The van der Waals surface area contributed by atoms with Gasteiger partial charge in [-0.1, -0.05) is 12.8 Å². The standard InChI is InChI=1S/C18H22N4O3/c19-10-13-9-15-16(20-17(13)24)5-8-22(18(15)25)12-14(23)11-21-6-3-1-2-4-7-21/h5,8-9,14,23H,1-4,6-7,11-12H2,(H,20,24)/t14-/m0/s1. The molecular formula is C18H22N4O3. The Labute approximate surface area is 145 Å². The third-order valence-corrected chi connectivity index (χ3v) is 4.68. The summed E-state index contributed by atoms with van der Waals surface area (Å²) in [6, 6.07) is 4.72. The molecule has 1 aliphatic rings. The van der Waals surface area contributed by atoms with Crippen molar-refractivity contribution in [2.75, 3.05) is 19.6 Å². The van der Waals surface area contributed by atoms with Crippen molar-refractivity contribution in [3.05, 3.63) is 44.6 Å². The second-order valence-electron chi connectivity index (χ2n) is 6.59. The van der Waals surface area contributed by atoms with Crippen LogP contribution in [0.3, 0.4) is 0 Å². The van der Waals surface area contributed by atoms with Gasteiger partial charge in [0, 0.05) is 12.7 Å². The lowest BCUT2D eigenvalue weighted by molar-refractivity contribution is 0.0989. The lowest BCUT2D eigenvalue weighted by Crippen LogP contribution is -2.37. The normalized spacial score (nSPS) is 17.1. The van der Waals surface area contributed by atoms with Crippen LogP contribution in [0.15, 0.2) is 27.9 Å². The van der Waals surface area contributed by atoms with E-state index in [0.717, 1.165) is 25.9 Å². The average molecular weight is 342 g/mol. The largest absolute Gasteiger partial charge is 0.390 e. The van der Waals surface area contributed by atoms with E-state index in [9.17, 15) is 14.7 Å². The smallest absolute Gasteiger partial charge is 0.266 e. The third kappa shape index (κ3) is 3.98. The summed E-state index contributed by atoms with van der Waals surface area (Å²) in [7, 11) is 0. The van der Waals surface area contributed by atoms with Crippen LogP contribution >= 0.6 is 0 Å². The number of pyridine rings is 2. The molecule has 132 valence electrons. The molecule has 0 spiro atoms. The summed E-state index contributed by atoms with van der Waals surface area (Å²) in [5.41, 5.74) is -0.520. The van der Waals surface area contributed by atoms with Gasteiger partial charge in [-0.15, -0.1) is 0 Å². The van der Waals surface area contributed by atoms with Gasteiger partial charge in [0.2, 0.25) is 0 Å². The summed E-state index contributed by atoms with van der Waals surface area (Å²) in [6.45, 7) is 2.69. The number of aromatic nitrogens is 2. The maximum atomic E-state index is 12.6. The van der Waals surface area contributed by atoms with Gasteiger partial charge in [-0.2, -0.15) is 5.26 Å². The Morgan fingerprint density at radius 1 is 1.20 bits per heavy atom. The Balaban J connectivity index is 1.80. The maximum Gasteiger partial charge on any atom is 0.266 e. The molecule has 1 aliphatic heterocycles. The fraction of sp³-hybridized carbons (Fsp3) is 0.500. The van der Waals surface area contributed by atoms with Gasteiger partial charge in [0.15, 0.2) is 0 Å². The number of rotatable bonds is 4. The SMILES string of the molecule is N#Cc1cc2c(=O)n(C[C@@H](O)CN3CCCCCC3)ccc2[nH]c1=O.